The molecule has 0 radical (unpaired) electrons. The summed E-state index contributed by atoms with van der Waals surface area (Å²) in [5, 5.41) is 3.71. The second-order valence-electron chi connectivity index (χ2n) is 2.93. The van der Waals surface area contributed by atoms with Crippen molar-refractivity contribution in [2.75, 3.05) is 20.2 Å². The van der Waals surface area contributed by atoms with Gasteiger partial charge in [-0.05, 0) is 24.7 Å². The van der Waals surface area contributed by atoms with Crippen molar-refractivity contribution in [2.45, 2.75) is 6.92 Å². The van der Waals surface area contributed by atoms with Crippen molar-refractivity contribution in [3.63, 3.8) is 0 Å². The fourth-order valence-electron chi connectivity index (χ4n) is 1.08. The van der Waals surface area contributed by atoms with Crippen LogP contribution in [0.15, 0.2) is 18.2 Å². The van der Waals surface area contributed by atoms with Gasteiger partial charge in [-0.2, -0.15) is 0 Å². The van der Waals surface area contributed by atoms with Gasteiger partial charge >= 0.3 is 0 Å². The first kappa shape index (κ1) is 11.9. The van der Waals surface area contributed by atoms with E-state index in [9.17, 15) is 0 Å². The Morgan fingerprint density at radius 1 is 1.47 bits per heavy atom. The summed E-state index contributed by atoms with van der Waals surface area (Å²) >= 11 is 5.96. The van der Waals surface area contributed by atoms with Crippen molar-refractivity contribution in [1.82, 2.24) is 5.32 Å². The van der Waals surface area contributed by atoms with Crippen LogP contribution in [-0.2, 0) is 0 Å². The van der Waals surface area contributed by atoms with Gasteiger partial charge in [0.15, 0.2) is 0 Å². The van der Waals surface area contributed by atoms with Crippen molar-refractivity contribution in [2.24, 2.45) is 0 Å². The molecule has 0 bridgehead atoms. The normalized spacial score (nSPS) is 9.27. The number of nitrogens with one attached hydrogen (secondary N) is 1. The molecular formula is C12H14ClNO. The first-order valence-corrected chi connectivity index (χ1v) is 5.19. The minimum absolute atomic E-state index is 0.591. The van der Waals surface area contributed by atoms with Gasteiger partial charge in [-0.25, -0.2) is 0 Å². The fraction of sp³-hybridized carbons (Fsp3) is 0.333. The molecule has 0 unspecified atom stereocenters. The van der Waals surface area contributed by atoms with Crippen molar-refractivity contribution < 1.29 is 4.74 Å². The van der Waals surface area contributed by atoms with Crippen LogP contribution in [0, 0.1) is 11.8 Å². The molecule has 0 atom stereocenters. The standard InChI is InChI=1S/C12H14ClNO/c1-3-14-8-4-5-10-6-7-12(15-2)11(13)9-10/h6-7,9,14H,3,8H2,1-2H3. The lowest BCUT2D eigenvalue weighted by Gasteiger charge is -2.01. The predicted octanol–water partition coefficient (Wildman–Crippen LogP) is 2.31. The lowest BCUT2D eigenvalue weighted by molar-refractivity contribution is 0.415. The van der Waals surface area contributed by atoms with Gasteiger partial charge in [-0.3, -0.25) is 0 Å². The summed E-state index contributed by atoms with van der Waals surface area (Å²) in [6.07, 6.45) is 0. The first-order chi connectivity index (χ1) is 7.27. The summed E-state index contributed by atoms with van der Waals surface area (Å²) in [6, 6.07) is 5.52. The van der Waals surface area contributed by atoms with E-state index in [-0.39, 0.29) is 0 Å². The monoisotopic (exact) mass is 223 g/mol. The summed E-state index contributed by atoms with van der Waals surface area (Å²) in [4.78, 5) is 0. The zero-order valence-electron chi connectivity index (χ0n) is 8.93. The van der Waals surface area contributed by atoms with E-state index in [1.165, 1.54) is 0 Å². The lowest BCUT2D eigenvalue weighted by Crippen LogP contribution is -2.11. The van der Waals surface area contributed by atoms with E-state index in [2.05, 4.69) is 17.2 Å². The van der Waals surface area contributed by atoms with Crippen LogP contribution in [0.5, 0.6) is 5.75 Å². The van der Waals surface area contributed by atoms with Crippen LogP contribution in [0.2, 0.25) is 5.02 Å². The van der Waals surface area contributed by atoms with Gasteiger partial charge in [0.05, 0.1) is 18.7 Å². The number of hydrogen-bond donors (Lipinski definition) is 1. The van der Waals surface area contributed by atoms with Crippen LogP contribution in [0.3, 0.4) is 0 Å². The lowest BCUT2D eigenvalue weighted by atomic mass is 10.2. The molecule has 0 aliphatic heterocycles. The summed E-state index contributed by atoms with van der Waals surface area (Å²) in [5.41, 5.74) is 0.902. The molecule has 3 heteroatoms. The molecule has 2 nitrogen and oxygen atoms in total. The van der Waals surface area contributed by atoms with Gasteiger partial charge in [0.25, 0.3) is 0 Å². The zero-order chi connectivity index (χ0) is 11.1. The van der Waals surface area contributed by atoms with Crippen LogP contribution >= 0.6 is 11.6 Å². The predicted molar refractivity (Wildman–Crippen MR) is 63.4 cm³/mol. The van der Waals surface area contributed by atoms with E-state index in [1.807, 2.05) is 19.1 Å². The van der Waals surface area contributed by atoms with Crippen LogP contribution < -0.4 is 10.1 Å². The molecule has 0 spiro atoms. The second-order valence-corrected chi connectivity index (χ2v) is 3.34. The number of halogens is 1. The average molecular weight is 224 g/mol. The highest BCUT2D eigenvalue weighted by molar-refractivity contribution is 6.32. The quantitative estimate of drug-likeness (QED) is 0.627. The number of ether oxygens (including phenoxy) is 1. The minimum atomic E-state index is 0.591. The Labute approximate surface area is 95.6 Å². The Balaban J connectivity index is 2.69. The van der Waals surface area contributed by atoms with Crippen LogP contribution in [0.1, 0.15) is 12.5 Å². The van der Waals surface area contributed by atoms with E-state index in [4.69, 9.17) is 16.3 Å². The van der Waals surface area contributed by atoms with Crippen LogP contribution in [-0.4, -0.2) is 20.2 Å². The summed E-state index contributed by atoms with van der Waals surface area (Å²) in [7, 11) is 1.59. The van der Waals surface area contributed by atoms with Crippen LogP contribution in [0.4, 0.5) is 0 Å². The third-order valence-electron chi connectivity index (χ3n) is 1.85. The molecule has 15 heavy (non-hydrogen) atoms. The zero-order valence-corrected chi connectivity index (χ0v) is 9.69. The topological polar surface area (TPSA) is 21.3 Å². The number of methoxy groups -OCH3 is 1. The molecule has 80 valence electrons. The van der Waals surface area contributed by atoms with Gasteiger partial charge in [0.1, 0.15) is 5.75 Å². The van der Waals surface area contributed by atoms with E-state index in [0.29, 0.717) is 17.3 Å². The van der Waals surface area contributed by atoms with E-state index in [1.54, 1.807) is 13.2 Å². The molecule has 1 N–H and O–H groups in total. The molecule has 1 aromatic carbocycles. The van der Waals surface area contributed by atoms with E-state index in [0.717, 1.165) is 12.1 Å². The highest BCUT2D eigenvalue weighted by Gasteiger charge is 1.98. The Morgan fingerprint density at radius 3 is 2.87 bits per heavy atom. The van der Waals surface area contributed by atoms with Crippen molar-refractivity contribution in [1.29, 1.82) is 0 Å². The molecule has 0 aliphatic rings. The first-order valence-electron chi connectivity index (χ1n) is 4.81. The molecule has 0 aliphatic carbocycles. The van der Waals surface area contributed by atoms with E-state index < -0.39 is 0 Å². The molecule has 1 aromatic rings. The fourth-order valence-corrected chi connectivity index (χ4v) is 1.34. The third-order valence-corrected chi connectivity index (χ3v) is 2.14. The highest BCUT2D eigenvalue weighted by atomic mass is 35.5. The van der Waals surface area contributed by atoms with Crippen molar-refractivity contribution in [3.05, 3.63) is 28.8 Å². The molecule has 0 heterocycles. The molecule has 0 saturated heterocycles. The van der Waals surface area contributed by atoms with Crippen LogP contribution in [0.25, 0.3) is 0 Å². The largest absolute Gasteiger partial charge is 0.495 e. The average Bonchev–Trinajstić information content (AvgIpc) is 2.25. The molecule has 1 rings (SSSR count). The van der Waals surface area contributed by atoms with E-state index >= 15 is 0 Å². The third kappa shape index (κ3) is 3.83. The maximum Gasteiger partial charge on any atom is 0.137 e. The van der Waals surface area contributed by atoms with Crippen molar-refractivity contribution in [3.8, 4) is 17.6 Å². The van der Waals surface area contributed by atoms with Crippen molar-refractivity contribution >= 4 is 11.6 Å². The Bertz CT molecular complexity index is 379. The molecule has 0 aromatic heterocycles. The number of benzene rings is 1. The SMILES string of the molecule is CCNCC#Cc1ccc(OC)c(Cl)c1. The van der Waals surface area contributed by atoms with Gasteiger partial charge in [0, 0.05) is 5.56 Å². The summed E-state index contributed by atoms with van der Waals surface area (Å²) in [5.74, 6) is 6.70. The summed E-state index contributed by atoms with van der Waals surface area (Å²) in [6.45, 7) is 3.67. The number of hydrogen-bond acceptors (Lipinski definition) is 2. The Hall–Kier alpha value is -1.17. The molecule has 0 fully saturated rings. The second kappa shape index (κ2) is 6.34. The maximum atomic E-state index is 5.96. The maximum absolute atomic E-state index is 5.96. The molecule has 0 amide bonds. The summed E-state index contributed by atoms with van der Waals surface area (Å²) < 4.78 is 5.05. The molecule has 0 saturated carbocycles. The van der Waals surface area contributed by atoms with Gasteiger partial charge in [-0.15, -0.1) is 0 Å². The Morgan fingerprint density at radius 2 is 2.27 bits per heavy atom. The van der Waals surface area contributed by atoms with Gasteiger partial charge in [0.2, 0.25) is 0 Å². The Kier molecular flexibility index (Phi) is 5.03. The highest BCUT2D eigenvalue weighted by Crippen LogP contribution is 2.24. The van der Waals surface area contributed by atoms with Gasteiger partial charge < -0.3 is 10.1 Å². The smallest absolute Gasteiger partial charge is 0.137 e. The minimum Gasteiger partial charge on any atom is -0.495 e. The molecular weight excluding hydrogens is 210 g/mol. The number of rotatable bonds is 3. The van der Waals surface area contributed by atoms with Gasteiger partial charge in [-0.1, -0.05) is 30.4 Å².